The van der Waals surface area contributed by atoms with Gasteiger partial charge in [0.15, 0.2) is 5.69 Å². The van der Waals surface area contributed by atoms with E-state index in [1.54, 1.807) is 13.8 Å². The van der Waals surface area contributed by atoms with Crippen LogP contribution in [0.15, 0.2) is 40.9 Å². The molecule has 2 rings (SSSR count). The number of nitrogens with zero attached hydrogens (tertiary/aromatic N) is 1. The summed E-state index contributed by atoms with van der Waals surface area (Å²) in [5.74, 6) is -0.156. The van der Waals surface area contributed by atoms with Gasteiger partial charge in [0.2, 0.25) is 5.91 Å². The van der Waals surface area contributed by atoms with Gasteiger partial charge in [-0.1, -0.05) is 35.5 Å². The van der Waals surface area contributed by atoms with Crippen LogP contribution in [0.1, 0.15) is 41.7 Å². The summed E-state index contributed by atoms with van der Waals surface area (Å²) in [7, 11) is 0. The van der Waals surface area contributed by atoms with Crippen LogP contribution in [0.2, 0.25) is 0 Å². The molecule has 0 unspecified atom stereocenters. The molecule has 0 bridgehead atoms. The van der Waals surface area contributed by atoms with Crippen LogP contribution in [0.4, 0.5) is 0 Å². The number of rotatable bonds is 5. The Hall–Kier alpha value is -2.63. The highest BCUT2D eigenvalue weighted by molar-refractivity contribution is 5.95. The highest BCUT2D eigenvalue weighted by atomic mass is 16.5. The van der Waals surface area contributed by atoms with Gasteiger partial charge in [-0.3, -0.25) is 9.59 Å². The molecule has 1 heterocycles. The summed E-state index contributed by atoms with van der Waals surface area (Å²) in [6.45, 7) is 5.21. The molecule has 0 radical (unpaired) electrons. The van der Waals surface area contributed by atoms with Gasteiger partial charge in [-0.25, -0.2) is 0 Å². The summed E-state index contributed by atoms with van der Waals surface area (Å²) in [6, 6.07) is 10.3. The number of nitrogens with one attached hydrogen (secondary N) is 2. The van der Waals surface area contributed by atoms with E-state index in [1.165, 1.54) is 6.07 Å². The lowest BCUT2D eigenvalue weighted by Gasteiger charge is -2.18. The topological polar surface area (TPSA) is 84.2 Å². The lowest BCUT2D eigenvalue weighted by atomic mass is 10.1. The number of amides is 2. The predicted octanol–water partition coefficient (Wildman–Crippen LogP) is 1.98. The van der Waals surface area contributed by atoms with E-state index in [1.807, 2.05) is 37.3 Å². The molecule has 0 spiro atoms. The van der Waals surface area contributed by atoms with Gasteiger partial charge in [0.05, 0.1) is 6.04 Å². The molecular weight excluding hydrogens is 282 g/mol. The Balaban J connectivity index is 1.91. The van der Waals surface area contributed by atoms with Crippen molar-refractivity contribution in [1.82, 2.24) is 15.8 Å². The summed E-state index contributed by atoms with van der Waals surface area (Å²) in [5.41, 5.74) is 1.16. The molecule has 1 aromatic carbocycles. The fraction of sp³-hybridized carbons (Fsp3) is 0.312. The molecule has 1 aromatic heterocycles. The minimum atomic E-state index is -0.671. The number of hydrogen-bond donors (Lipinski definition) is 2. The minimum absolute atomic E-state index is 0.137. The normalized spacial score (nSPS) is 13.2. The third kappa shape index (κ3) is 3.94. The number of carbonyl (C=O) groups excluding carboxylic acids is 2. The van der Waals surface area contributed by atoms with Gasteiger partial charge in [-0.2, -0.15) is 0 Å². The van der Waals surface area contributed by atoms with Gasteiger partial charge < -0.3 is 15.2 Å². The summed E-state index contributed by atoms with van der Waals surface area (Å²) < 4.78 is 4.84. The molecule has 0 saturated carbocycles. The Morgan fingerprint density at radius 3 is 2.41 bits per heavy atom. The monoisotopic (exact) mass is 301 g/mol. The Bertz CT molecular complexity index is 652. The summed E-state index contributed by atoms with van der Waals surface area (Å²) in [5, 5.41) is 9.07. The molecular formula is C16H19N3O3. The fourth-order valence-corrected chi connectivity index (χ4v) is 1.97. The average molecular weight is 301 g/mol. The lowest BCUT2D eigenvalue weighted by Crippen LogP contribution is -2.45. The van der Waals surface area contributed by atoms with Crippen molar-refractivity contribution in [2.75, 3.05) is 0 Å². The largest absolute Gasteiger partial charge is 0.361 e. The first-order chi connectivity index (χ1) is 10.5. The first-order valence-electron chi connectivity index (χ1n) is 7.07. The number of aromatic nitrogens is 1. The van der Waals surface area contributed by atoms with Crippen LogP contribution in [-0.4, -0.2) is 23.0 Å². The van der Waals surface area contributed by atoms with Crippen LogP contribution in [0.3, 0.4) is 0 Å². The van der Waals surface area contributed by atoms with Crippen LogP contribution in [0.5, 0.6) is 0 Å². The van der Waals surface area contributed by atoms with Gasteiger partial charge in [0.25, 0.3) is 5.91 Å². The molecule has 2 atom stereocenters. The predicted molar refractivity (Wildman–Crippen MR) is 81.2 cm³/mol. The fourth-order valence-electron chi connectivity index (χ4n) is 1.97. The molecule has 0 aliphatic rings. The van der Waals surface area contributed by atoms with Gasteiger partial charge in [0.1, 0.15) is 11.8 Å². The molecule has 0 aliphatic carbocycles. The molecule has 6 heteroatoms. The van der Waals surface area contributed by atoms with Gasteiger partial charge >= 0.3 is 0 Å². The lowest BCUT2D eigenvalue weighted by molar-refractivity contribution is -0.123. The van der Waals surface area contributed by atoms with Crippen LogP contribution in [-0.2, 0) is 4.79 Å². The van der Waals surface area contributed by atoms with Crippen molar-refractivity contribution in [3.63, 3.8) is 0 Å². The molecule has 0 aliphatic heterocycles. The first kappa shape index (κ1) is 15.8. The number of hydrogen-bond acceptors (Lipinski definition) is 4. The number of benzene rings is 1. The van der Waals surface area contributed by atoms with E-state index in [0.717, 1.165) is 5.56 Å². The van der Waals surface area contributed by atoms with E-state index in [4.69, 9.17) is 4.52 Å². The third-order valence-electron chi connectivity index (χ3n) is 3.26. The maximum absolute atomic E-state index is 12.1. The van der Waals surface area contributed by atoms with Crippen molar-refractivity contribution in [2.45, 2.75) is 32.9 Å². The third-order valence-corrected chi connectivity index (χ3v) is 3.26. The van der Waals surface area contributed by atoms with Crippen LogP contribution < -0.4 is 10.6 Å². The maximum Gasteiger partial charge on any atom is 0.274 e. The second kappa shape index (κ2) is 6.89. The average Bonchev–Trinajstić information content (AvgIpc) is 2.94. The molecule has 2 amide bonds. The van der Waals surface area contributed by atoms with Crippen LogP contribution in [0.25, 0.3) is 0 Å². The van der Waals surface area contributed by atoms with Crippen molar-refractivity contribution < 1.29 is 14.1 Å². The molecule has 116 valence electrons. The molecule has 6 nitrogen and oxygen atoms in total. The Labute approximate surface area is 128 Å². The molecule has 0 fully saturated rings. The second-order valence-corrected chi connectivity index (χ2v) is 5.16. The SMILES string of the molecule is Cc1cc(C(=O)N[C@H](C)C(=O)N[C@@H](C)c2ccccc2)no1. The van der Waals surface area contributed by atoms with E-state index in [-0.39, 0.29) is 17.6 Å². The van der Waals surface area contributed by atoms with Gasteiger partial charge in [-0.05, 0) is 26.3 Å². The highest BCUT2D eigenvalue weighted by Crippen LogP contribution is 2.11. The van der Waals surface area contributed by atoms with Crippen molar-refractivity contribution >= 4 is 11.8 Å². The zero-order chi connectivity index (χ0) is 16.1. The Morgan fingerprint density at radius 1 is 1.14 bits per heavy atom. The van der Waals surface area contributed by atoms with Gasteiger partial charge in [-0.15, -0.1) is 0 Å². The van der Waals surface area contributed by atoms with E-state index in [9.17, 15) is 9.59 Å². The zero-order valence-electron chi connectivity index (χ0n) is 12.8. The van der Waals surface area contributed by atoms with E-state index < -0.39 is 11.9 Å². The first-order valence-corrected chi connectivity index (χ1v) is 7.07. The highest BCUT2D eigenvalue weighted by Gasteiger charge is 2.20. The Kier molecular flexibility index (Phi) is 4.93. The van der Waals surface area contributed by atoms with E-state index in [0.29, 0.717) is 5.76 Å². The summed E-state index contributed by atoms with van der Waals surface area (Å²) >= 11 is 0. The number of aryl methyl sites for hydroxylation is 1. The van der Waals surface area contributed by atoms with Crippen molar-refractivity contribution in [3.05, 3.63) is 53.4 Å². The number of carbonyl (C=O) groups is 2. The smallest absolute Gasteiger partial charge is 0.274 e. The standard InChI is InChI=1S/C16H19N3O3/c1-10-9-14(19-22-10)16(21)18-12(3)15(20)17-11(2)13-7-5-4-6-8-13/h4-9,11-12H,1-3H3,(H,17,20)(H,18,21)/t11-,12+/m0/s1. The molecule has 2 aromatic rings. The van der Waals surface area contributed by atoms with E-state index >= 15 is 0 Å². The van der Waals surface area contributed by atoms with Crippen LogP contribution in [0, 0.1) is 6.92 Å². The second-order valence-electron chi connectivity index (χ2n) is 5.16. The summed E-state index contributed by atoms with van der Waals surface area (Å²) in [6.07, 6.45) is 0. The maximum atomic E-state index is 12.1. The van der Waals surface area contributed by atoms with Crippen LogP contribution >= 0.6 is 0 Å². The zero-order valence-corrected chi connectivity index (χ0v) is 12.8. The van der Waals surface area contributed by atoms with Crippen molar-refractivity contribution in [2.24, 2.45) is 0 Å². The minimum Gasteiger partial charge on any atom is -0.361 e. The molecule has 2 N–H and O–H groups in total. The molecule has 0 saturated heterocycles. The van der Waals surface area contributed by atoms with Crippen molar-refractivity contribution in [1.29, 1.82) is 0 Å². The summed E-state index contributed by atoms with van der Waals surface area (Å²) in [4.78, 5) is 24.0. The van der Waals surface area contributed by atoms with E-state index in [2.05, 4.69) is 15.8 Å². The van der Waals surface area contributed by atoms with Crippen molar-refractivity contribution in [3.8, 4) is 0 Å². The Morgan fingerprint density at radius 2 is 1.82 bits per heavy atom. The quantitative estimate of drug-likeness (QED) is 0.884. The van der Waals surface area contributed by atoms with Gasteiger partial charge in [0, 0.05) is 6.07 Å². The molecule has 22 heavy (non-hydrogen) atoms.